The van der Waals surface area contributed by atoms with Crippen molar-refractivity contribution in [1.82, 2.24) is 19.7 Å². The summed E-state index contributed by atoms with van der Waals surface area (Å²) in [5.74, 6) is 1.76. The molecule has 0 radical (unpaired) electrons. The Morgan fingerprint density at radius 3 is 2.71 bits per heavy atom. The SMILES string of the molecule is CCc1nnc(CN2C[C@@H](F)C[C@H]2CO)n1C. The van der Waals surface area contributed by atoms with Crippen LogP contribution in [0.2, 0.25) is 0 Å². The van der Waals surface area contributed by atoms with Crippen LogP contribution in [0.15, 0.2) is 0 Å². The Balaban J connectivity index is 2.07. The van der Waals surface area contributed by atoms with Gasteiger partial charge in [0.2, 0.25) is 0 Å². The Morgan fingerprint density at radius 1 is 1.41 bits per heavy atom. The fourth-order valence-electron chi connectivity index (χ4n) is 2.33. The van der Waals surface area contributed by atoms with E-state index in [0.29, 0.717) is 19.5 Å². The van der Waals surface area contributed by atoms with Crippen LogP contribution >= 0.6 is 0 Å². The van der Waals surface area contributed by atoms with Crippen LogP contribution in [0.3, 0.4) is 0 Å². The minimum absolute atomic E-state index is 0.00108. The molecule has 1 aromatic heterocycles. The number of nitrogens with zero attached hydrogens (tertiary/aromatic N) is 4. The molecule has 0 aliphatic carbocycles. The summed E-state index contributed by atoms with van der Waals surface area (Å²) in [5, 5.41) is 17.4. The van der Waals surface area contributed by atoms with E-state index in [1.54, 1.807) is 0 Å². The number of rotatable bonds is 4. The molecule has 0 amide bonds. The van der Waals surface area contributed by atoms with Gasteiger partial charge in [-0.25, -0.2) is 4.39 Å². The van der Waals surface area contributed by atoms with E-state index in [9.17, 15) is 9.50 Å². The molecular weight excluding hydrogens is 223 g/mol. The van der Waals surface area contributed by atoms with Crippen LogP contribution in [0.5, 0.6) is 0 Å². The zero-order valence-corrected chi connectivity index (χ0v) is 10.3. The number of hydrogen-bond donors (Lipinski definition) is 1. The molecule has 17 heavy (non-hydrogen) atoms. The number of halogens is 1. The van der Waals surface area contributed by atoms with Gasteiger partial charge in [0.15, 0.2) is 0 Å². The molecule has 2 rings (SSSR count). The third-order valence-electron chi connectivity index (χ3n) is 3.40. The maximum atomic E-state index is 13.3. The molecule has 0 aromatic carbocycles. The van der Waals surface area contributed by atoms with Gasteiger partial charge in [-0.3, -0.25) is 4.90 Å². The van der Waals surface area contributed by atoms with E-state index >= 15 is 0 Å². The molecule has 5 nitrogen and oxygen atoms in total. The zero-order valence-electron chi connectivity index (χ0n) is 10.3. The number of aryl methyl sites for hydroxylation is 1. The molecule has 1 aliphatic heterocycles. The van der Waals surface area contributed by atoms with Gasteiger partial charge in [0.25, 0.3) is 0 Å². The molecule has 1 fully saturated rings. The monoisotopic (exact) mass is 242 g/mol. The minimum Gasteiger partial charge on any atom is -0.395 e. The van der Waals surface area contributed by atoms with E-state index in [1.165, 1.54) is 0 Å². The van der Waals surface area contributed by atoms with Crippen LogP contribution < -0.4 is 0 Å². The predicted molar refractivity (Wildman–Crippen MR) is 61.2 cm³/mol. The van der Waals surface area contributed by atoms with Gasteiger partial charge in [0.05, 0.1) is 13.2 Å². The molecule has 1 N–H and O–H groups in total. The fourth-order valence-corrected chi connectivity index (χ4v) is 2.33. The molecule has 1 aromatic rings. The van der Waals surface area contributed by atoms with Gasteiger partial charge in [0.1, 0.15) is 17.8 Å². The van der Waals surface area contributed by atoms with Gasteiger partial charge in [-0.05, 0) is 6.42 Å². The summed E-state index contributed by atoms with van der Waals surface area (Å²) >= 11 is 0. The van der Waals surface area contributed by atoms with Crippen molar-refractivity contribution in [2.24, 2.45) is 7.05 Å². The lowest BCUT2D eigenvalue weighted by Gasteiger charge is -2.21. The van der Waals surface area contributed by atoms with Crippen molar-refractivity contribution in [3.8, 4) is 0 Å². The lowest BCUT2D eigenvalue weighted by molar-refractivity contribution is 0.149. The summed E-state index contributed by atoms with van der Waals surface area (Å²) in [6.07, 6.45) is 0.402. The van der Waals surface area contributed by atoms with Crippen LogP contribution in [0.25, 0.3) is 0 Å². The molecule has 96 valence electrons. The Kier molecular flexibility index (Phi) is 3.73. The van der Waals surface area contributed by atoms with Crippen LogP contribution in [-0.4, -0.2) is 50.1 Å². The van der Waals surface area contributed by atoms with Crippen LogP contribution in [0.1, 0.15) is 25.0 Å². The zero-order chi connectivity index (χ0) is 12.4. The topological polar surface area (TPSA) is 54.2 Å². The highest BCUT2D eigenvalue weighted by Crippen LogP contribution is 2.21. The summed E-state index contributed by atoms with van der Waals surface area (Å²) in [5.41, 5.74) is 0. The Bertz CT molecular complexity index is 382. The summed E-state index contributed by atoms with van der Waals surface area (Å²) in [6.45, 7) is 2.95. The Hall–Kier alpha value is -1.01. The smallest absolute Gasteiger partial charge is 0.146 e. The lowest BCUT2D eigenvalue weighted by atomic mass is 10.2. The van der Waals surface area contributed by atoms with Crippen molar-refractivity contribution < 1.29 is 9.50 Å². The predicted octanol–water partition coefficient (Wildman–Crippen LogP) is 0.282. The lowest BCUT2D eigenvalue weighted by Crippen LogP contribution is -2.32. The summed E-state index contributed by atoms with van der Waals surface area (Å²) in [6, 6.07) is -0.0909. The van der Waals surface area contributed by atoms with Crippen molar-refractivity contribution >= 4 is 0 Å². The highest BCUT2D eigenvalue weighted by Gasteiger charge is 2.32. The summed E-state index contributed by atoms with van der Waals surface area (Å²) in [7, 11) is 1.92. The molecule has 2 heterocycles. The maximum Gasteiger partial charge on any atom is 0.146 e. The quantitative estimate of drug-likeness (QED) is 0.824. The second-order valence-corrected chi connectivity index (χ2v) is 4.54. The van der Waals surface area contributed by atoms with Crippen molar-refractivity contribution in [2.75, 3.05) is 13.2 Å². The second-order valence-electron chi connectivity index (χ2n) is 4.54. The van der Waals surface area contributed by atoms with Crippen LogP contribution in [0.4, 0.5) is 4.39 Å². The number of aromatic nitrogens is 3. The van der Waals surface area contributed by atoms with Crippen molar-refractivity contribution in [3.63, 3.8) is 0 Å². The number of hydrogen-bond acceptors (Lipinski definition) is 4. The number of alkyl halides is 1. The van der Waals surface area contributed by atoms with Crippen LogP contribution in [0, 0.1) is 0 Å². The molecule has 1 aliphatic rings. The van der Waals surface area contributed by atoms with Gasteiger partial charge in [-0.15, -0.1) is 10.2 Å². The molecular formula is C11H19FN4O. The number of aliphatic hydroxyl groups excluding tert-OH is 1. The largest absolute Gasteiger partial charge is 0.395 e. The first-order valence-electron chi connectivity index (χ1n) is 6.01. The molecule has 2 atom stereocenters. The normalized spacial score (nSPS) is 25.6. The molecule has 6 heteroatoms. The van der Waals surface area contributed by atoms with E-state index < -0.39 is 6.17 Å². The van der Waals surface area contributed by atoms with Gasteiger partial charge >= 0.3 is 0 Å². The highest BCUT2D eigenvalue weighted by molar-refractivity contribution is 4.97. The van der Waals surface area contributed by atoms with Gasteiger partial charge in [-0.2, -0.15) is 0 Å². The first kappa shape index (κ1) is 12.4. The first-order chi connectivity index (χ1) is 8.15. The number of aliphatic hydroxyl groups is 1. The Labute approximate surface area is 100 Å². The Morgan fingerprint density at radius 2 is 2.12 bits per heavy atom. The average Bonchev–Trinajstić information content (AvgIpc) is 2.84. The second kappa shape index (κ2) is 5.10. The van der Waals surface area contributed by atoms with Crippen molar-refractivity contribution in [1.29, 1.82) is 0 Å². The third-order valence-corrected chi connectivity index (χ3v) is 3.40. The van der Waals surface area contributed by atoms with E-state index in [-0.39, 0.29) is 12.6 Å². The van der Waals surface area contributed by atoms with E-state index in [4.69, 9.17) is 0 Å². The highest BCUT2D eigenvalue weighted by atomic mass is 19.1. The van der Waals surface area contributed by atoms with Gasteiger partial charge < -0.3 is 9.67 Å². The van der Waals surface area contributed by atoms with Crippen molar-refractivity contribution in [3.05, 3.63) is 11.6 Å². The van der Waals surface area contributed by atoms with Gasteiger partial charge in [-0.1, -0.05) is 6.92 Å². The molecule has 0 bridgehead atoms. The summed E-state index contributed by atoms with van der Waals surface area (Å²) < 4.78 is 15.2. The van der Waals surface area contributed by atoms with E-state index in [0.717, 1.165) is 18.1 Å². The molecule has 1 saturated heterocycles. The maximum absolute atomic E-state index is 13.3. The van der Waals surface area contributed by atoms with E-state index in [2.05, 4.69) is 10.2 Å². The number of likely N-dealkylation sites (tertiary alicyclic amines) is 1. The van der Waals surface area contributed by atoms with Crippen molar-refractivity contribution in [2.45, 2.75) is 38.5 Å². The molecule has 0 saturated carbocycles. The van der Waals surface area contributed by atoms with E-state index in [1.807, 2.05) is 23.4 Å². The molecule has 0 unspecified atom stereocenters. The average molecular weight is 242 g/mol. The third kappa shape index (κ3) is 2.47. The molecule has 0 spiro atoms. The minimum atomic E-state index is -0.842. The summed E-state index contributed by atoms with van der Waals surface area (Å²) in [4.78, 5) is 1.94. The first-order valence-corrected chi connectivity index (χ1v) is 6.01. The van der Waals surface area contributed by atoms with Gasteiger partial charge in [0, 0.05) is 26.1 Å². The standard InChI is InChI=1S/C11H19FN4O/c1-3-10-13-14-11(15(10)2)6-16-5-8(12)4-9(16)7-17/h8-9,17H,3-7H2,1-2H3/t8-,9-/m0/s1. The van der Waals surface area contributed by atoms with Crippen LogP contribution in [-0.2, 0) is 20.0 Å². The fraction of sp³-hybridized carbons (Fsp3) is 0.818.